The number of cyclic esters (lactones) is 1. The number of hydrogen-bond donors (Lipinski definition) is 0. The molecule has 120 valence electrons. The fraction of sp³-hybridized carbons (Fsp3) is 0.500. The third-order valence-corrected chi connectivity index (χ3v) is 3.64. The molecular formula is C16H19Cl2NO3. The number of carbonyl (C=O) groups excluding carboxylic acids is 1. The Bertz CT molecular complexity index is 633. The van der Waals surface area contributed by atoms with Gasteiger partial charge in [-0.1, -0.05) is 44.0 Å². The van der Waals surface area contributed by atoms with Crippen LogP contribution in [0.2, 0.25) is 10.0 Å². The highest BCUT2D eigenvalue weighted by Crippen LogP contribution is 2.39. The molecule has 0 amide bonds. The highest BCUT2D eigenvalue weighted by molar-refractivity contribution is 6.36. The van der Waals surface area contributed by atoms with Crippen LogP contribution in [-0.4, -0.2) is 18.0 Å². The second-order valence-corrected chi connectivity index (χ2v) is 7.29. The summed E-state index contributed by atoms with van der Waals surface area (Å²) in [6, 6.07) is 2.44. The molecule has 2 rings (SSSR count). The number of aliphatic imine (C=N–C) groups is 1. The molecule has 0 spiro atoms. The van der Waals surface area contributed by atoms with Crippen LogP contribution in [0, 0.1) is 5.41 Å². The highest BCUT2D eigenvalue weighted by Gasteiger charge is 2.37. The molecule has 6 heteroatoms. The van der Waals surface area contributed by atoms with E-state index in [1.807, 2.05) is 34.6 Å². The topological polar surface area (TPSA) is 47.9 Å². The van der Waals surface area contributed by atoms with Gasteiger partial charge in [0.25, 0.3) is 0 Å². The number of rotatable bonds is 3. The quantitative estimate of drug-likeness (QED) is 0.739. The zero-order valence-corrected chi connectivity index (χ0v) is 14.7. The molecule has 0 fully saturated rings. The van der Waals surface area contributed by atoms with E-state index < -0.39 is 12.0 Å². The molecular weight excluding hydrogens is 325 g/mol. The molecule has 0 bridgehead atoms. The number of hydrogen-bond acceptors (Lipinski definition) is 4. The van der Waals surface area contributed by atoms with Crippen LogP contribution in [0.4, 0.5) is 0 Å². The van der Waals surface area contributed by atoms with E-state index in [2.05, 4.69) is 4.99 Å². The van der Waals surface area contributed by atoms with Crippen LogP contribution in [0.3, 0.4) is 0 Å². The minimum atomic E-state index is -0.784. The molecule has 0 aromatic heterocycles. The van der Waals surface area contributed by atoms with E-state index in [4.69, 9.17) is 32.7 Å². The van der Waals surface area contributed by atoms with Crippen LogP contribution in [-0.2, 0) is 9.53 Å². The second-order valence-electron chi connectivity index (χ2n) is 6.48. The van der Waals surface area contributed by atoms with Gasteiger partial charge in [0, 0.05) is 16.0 Å². The van der Waals surface area contributed by atoms with Crippen molar-refractivity contribution in [2.24, 2.45) is 10.4 Å². The maximum atomic E-state index is 12.1. The number of halogens is 2. The van der Waals surface area contributed by atoms with Crippen LogP contribution in [0.15, 0.2) is 17.1 Å². The first kappa shape index (κ1) is 17.1. The Kier molecular flexibility index (Phi) is 4.73. The summed E-state index contributed by atoms with van der Waals surface area (Å²) >= 11 is 12.4. The summed E-state index contributed by atoms with van der Waals surface area (Å²) in [6.45, 7) is 9.57. The van der Waals surface area contributed by atoms with Crippen molar-refractivity contribution < 1.29 is 14.3 Å². The molecule has 1 aromatic rings. The van der Waals surface area contributed by atoms with Crippen molar-refractivity contribution in [2.45, 2.75) is 46.8 Å². The normalized spacial score (nSPS) is 18.5. The first-order valence-corrected chi connectivity index (χ1v) is 7.80. The number of esters is 1. The summed E-state index contributed by atoms with van der Waals surface area (Å²) in [4.78, 5) is 16.5. The number of benzene rings is 1. The Morgan fingerprint density at radius 2 is 1.86 bits per heavy atom. The molecule has 1 aromatic carbocycles. The Balaban J connectivity index is 2.44. The van der Waals surface area contributed by atoms with Crippen molar-refractivity contribution in [3.63, 3.8) is 0 Å². The molecule has 1 aliphatic rings. The third kappa shape index (κ3) is 3.55. The van der Waals surface area contributed by atoms with Gasteiger partial charge in [0.2, 0.25) is 0 Å². The fourth-order valence-electron chi connectivity index (χ4n) is 1.99. The molecule has 22 heavy (non-hydrogen) atoms. The Morgan fingerprint density at radius 3 is 2.36 bits per heavy atom. The molecule has 0 saturated heterocycles. The lowest BCUT2D eigenvalue weighted by Gasteiger charge is -2.15. The Labute approximate surface area is 140 Å². The van der Waals surface area contributed by atoms with Gasteiger partial charge < -0.3 is 9.47 Å². The van der Waals surface area contributed by atoms with Crippen molar-refractivity contribution in [2.75, 3.05) is 0 Å². The predicted octanol–water partition coefficient (Wildman–Crippen LogP) is 4.82. The summed E-state index contributed by atoms with van der Waals surface area (Å²) in [5.41, 5.74) is 0.187. The summed E-state index contributed by atoms with van der Waals surface area (Å²) in [6.07, 6.45) is -0.0457. The second kappa shape index (κ2) is 6.09. The van der Waals surface area contributed by atoms with Crippen LogP contribution in [0.5, 0.6) is 5.75 Å². The van der Waals surface area contributed by atoms with E-state index in [-0.39, 0.29) is 11.5 Å². The van der Waals surface area contributed by atoms with Crippen molar-refractivity contribution in [1.29, 1.82) is 0 Å². The van der Waals surface area contributed by atoms with Gasteiger partial charge in [0.15, 0.2) is 11.9 Å². The summed E-state index contributed by atoms with van der Waals surface area (Å²) < 4.78 is 10.9. The molecule has 1 heterocycles. The van der Waals surface area contributed by atoms with Crippen molar-refractivity contribution in [3.8, 4) is 5.75 Å². The number of carbonyl (C=O) groups is 1. The Morgan fingerprint density at radius 1 is 1.23 bits per heavy atom. The third-order valence-electron chi connectivity index (χ3n) is 3.02. The smallest absolute Gasteiger partial charge is 0.342 e. The zero-order valence-electron chi connectivity index (χ0n) is 13.2. The SMILES string of the molecule is CC(C)Oc1cc(C2N=C(C(C)(C)C)OC2=O)c(Cl)cc1Cl. The van der Waals surface area contributed by atoms with Crippen molar-refractivity contribution in [3.05, 3.63) is 27.7 Å². The number of ether oxygens (including phenoxy) is 2. The van der Waals surface area contributed by atoms with Gasteiger partial charge >= 0.3 is 5.97 Å². The Hall–Kier alpha value is -1.26. The first-order chi connectivity index (χ1) is 10.1. The molecule has 1 atom stereocenters. The molecule has 0 N–H and O–H groups in total. The lowest BCUT2D eigenvalue weighted by atomic mass is 9.97. The van der Waals surface area contributed by atoms with E-state index in [1.54, 1.807) is 12.1 Å². The molecule has 4 nitrogen and oxygen atoms in total. The van der Waals surface area contributed by atoms with Gasteiger partial charge in [0.1, 0.15) is 5.75 Å². The molecule has 0 aliphatic carbocycles. The maximum Gasteiger partial charge on any atom is 0.342 e. The van der Waals surface area contributed by atoms with Crippen molar-refractivity contribution >= 4 is 35.1 Å². The summed E-state index contributed by atoms with van der Waals surface area (Å²) in [5.74, 6) is 0.438. The largest absolute Gasteiger partial charge is 0.489 e. The van der Waals surface area contributed by atoms with Gasteiger partial charge in [-0.2, -0.15) is 0 Å². The standard InChI is InChI=1S/C16H19Cl2NO3/c1-8(2)21-12-6-9(10(17)7-11(12)18)13-14(20)22-15(19-13)16(3,4)5/h6-8,13H,1-5H3. The van der Waals surface area contributed by atoms with E-state index >= 15 is 0 Å². The maximum absolute atomic E-state index is 12.1. The number of nitrogens with zero attached hydrogens (tertiary/aromatic N) is 1. The van der Waals surface area contributed by atoms with Crippen LogP contribution >= 0.6 is 23.2 Å². The van der Waals surface area contributed by atoms with Gasteiger partial charge in [-0.15, -0.1) is 0 Å². The lowest BCUT2D eigenvalue weighted by molar-refractivity contribution is -0.135. The van der Waals surface area contributed by atoms with Crippen LogP contribution in [0.25, 0.3) is 0 Å². The van der Waals surface area contributed by atoms with Gasteiger partial charge in [-0.05, 0) is 26.0 Å². The lowest BCUT2D eigenvalue weighted by Crippen LogP contribution is -2.21. The summed E-state index contributed by atoms with van der Waals surface area (Å²) in [5, 5.41) is 0.760. The van der Waals surface area contributed by atoms with Gasteiger partial charge in [-0.3, -0.25) is 0 Å². The van der Waals surface area contributed by atoms with Crippen molar-refractivity contribution in [1.82, 2.24) is 0 Å². The van der Waals surface area contributed by atoms with Crippen LogP contribution in [0.1, 0.15) is 46.2 Å². The minimum absolute atomic E-state index is 0.0457. The van der Waals surface area contributed by atoms with Crippen LogP contribution < -0.4 is 4.74 Å². The average Bonchev–Trinajstić information content (AvgIpc) is 2.74. The first-order valence-electron chi connectivity index (χ1n) is 7.05. The predicted molar refractivity (Wildman–Crippen MR) is 87.9 cm³/mol. The fourth-order valence-corrected chi connectivity index (χ4v) is 2.52. The molecule has 1 unspecified atom stereocenters. The molecule has 0 radical (unpaired) electrons. The highest BCUT2D eigenvalue weighted by atomic mass is 35.5. The van der Waals surface area contributed by atoms with E-state index in [0.717, 1.165) is 0 Å². The van der Waals surface area contributed by atoms with Gasteiger partial charge in [-0.25, -0.2) is 9.79 Å². The molecule has 0 saturated carbocycles. The zero-order chi connectivity index (χ0) is 16.7. The average molecular weight is 344 g/mol. The minimum Gasteiger partial charge on any atom is -0.489 e. The molecule has 1 aliphatic heterocycles. The van der Waals surface area contributed by atoms with E-state index in [0.29, 0.717) is 27.3 Å². The van der Waals surface area contributed by atoms with E-state index in [1.165, 1.54) is 0 Å². The van der Waals surface area contributed by atoms with Gasteiger partial charge in [0.05, 0.1) is 11.1 Å². The monoisotopic (exact) mass is 343 g/mol. The van der Waals surface area contributed by atoms with E-state index in [9.17, 15) is 4.79 Å². The summed E-state index contributed by atoms with van der Waals surface area (Å²) in [7, 11) is 0.